The molecule has 0 aromatic carbocycles. The van der Waals surface area contributed by atoms with Crippen LogP contribution in [-0.2, 0) is 4.74 Å². The molecule has 0 radical (unpaired) electrons. The van der Waals surface area contributed by atoms with Crippen LogP contribution in [-0.4, -0.2) is 49.3 Å². The zero-order chi connectivity index (χ0) is 14.3. The van der Waals surface area contributed by atoms with Gasteiger partial charge in [-0.25, -0.2) is 0 Å². The summed E-state index contributed by atoms with van der Waals surface area (Å²) in [5.41, 5.74) is -0.434. The fourth-order valence-electron chi connectivity index (χ4n) is 2.71. The molecule has 1 aliphatic heterocycles. The first-order valence-electron chi connectivity index (χ1n) is 7.50. The lowest BCUT2D eigenvalue weighted by Crippen LogP contribution is -2.49. The van der Waals surface area contributed by atoms with E-state index < -0.39 is 5.54 Å². The number of hydrogen-bond donors (Lipinski definition) is 1. The molecule has 0 saturated carbocycles. The van der Waals surface area contributed by atoms with Crippen LogP contribution in [0.25, 0.3) is 0 Å². The molecule has 3 atom stereocenters. The second-order valence-corrected chi connectivity index (χ2v) is 5.88. The lowest BCUT2D eigenvalue weighted by molar-refractivity contribution is -0.0131. The predicted molar refractivity (Wildman–Crippen MR) is 78.0 cm³/mol. The summed E-state index contributed by atoms with van der Waals surface area (Å²) in [6, 6.07) is 2.78. The summed E-state index contributed by atoms with van der Waals surface area (Å²) in [5, 5.41) is 12.4. The molecule has 0 spiro atoms. The monoisotopic (exact) mass is 267 g/mol. The summed E-state index contributed by atoms with van der Waals surface area (Å²) in [6.07, 6.45) is 4.67. The Morgan fingerprint density at radius 3 is 2.89 bits per heavy atom. The van der Waals surface area contributed by atoms with Gasteiger partial charge in [-0.2, -0.15) is 5.26 Å². The Morgan fingerprint density at radius 2 is 2.32 bits per heavy atom. The van der Waals surface area contributed by atoms with Crippen molar-refractivity contribution < 1.29 is 4.74 Å². The van der Waals surface area contributed by atoms with E-state index in [0.717, 1.165) is 32.5 Å². The Hall–Kier alpha value is -0.630. The average molecular weight is 267 g/mol. The van der Waals surface area contributed by atoms with Gasteiger partial charge in [0.2, 0.25) is 0 Å². The summed E-state index contributed by atoms with van der Waals surface area (Å²) in [7, 11) is 1.86. The highest BCUT2D eigenvalue weighted by atomic mass is 16.5. The largest absolute Gasteiger partial charge is 0.377 e. The van der Waals surface area contributed by atoms with Gasteiger partial charge in [-0.3, -0.25) is 4.90 Å². The van der Waals surface area contributed by atoms with Crippen molar-refractivity contribution in [1.82, 2.24) is 10.2 Å². The third-order valence-electron chi connectivity index (χ3n) is 4.09. The molecule has 0 aromatic heterocycles. The van der Waals surface area contributed by atoms with Crippen molar-refractivity contribution in [3.05, 3.63) is 0 Å². The van der Waals surface area contributed by atoms with Crippen LogP contribution in [0.2, 0.25) is 0 Å². The lowest BCUT2D eigenvalue weighted by Gasteiger charge is -2.38. The van der Waals surface area contributed by atoms with Gasteiger partial charge < -0.3 is 10.1 Å². The maximum atomic E-state index is 9.24. The van der Waals surface area contributed by atoms with E-state index in [2.05, 4.69) is 30.1 Å². The zero-order valence-corrected chi connectivity index (χ0v) is 12.9. The van der Waals surface area contributed by atoms with E-state index in [4.69, 9.17) is 4.74 Å². The summed E-state index contributed by atoms with van der Waals surface area (Å²) in [4.78, 5) is 2.47. The Morgan fingerprint density at radius 1 is 1.58 bits per heavy atom. The van der Waals surface area contributed by atoms with E-state index in [1.165, 1.54) is 12.8 Å². The number of rotatable bonds is 7. The number of nitrogens with zero attached hydrogens (tertiary/aromatic N) is 2. The van der Waals surface area contributed by atoms with Crippen molar-refractivity contribution in [2.45, 2.75) is 64.1 Å². The fourth-order valence-corrected chi connectivity index (χ4v) is 2.71. The first kappa shape index (κ1) is 16.4. The van der Waals surface area contributed by atoms with E-state index in [1.807, 2.05) is 14.0 Å². The molecule has 19 heavy (non-hydrogen) atoms. The van der Waals surface area contributed by atoms with Crippen molar-refractivity contribution in [3.63, 3.8) is 0 Å². The first-order valence-corrected chi connectivity index (χ1v) is 7.50. The third kappa shape index (κ3) is 5.10. The minimum atomic E-state index is -0.434. The Bertz CT molecular complexity index is 302. The summed E-state index contributed by atoms with van der Waals surface area (Å²) in [5.74, 6) is 0. The van der Waals surface area contributed by atoms with E-state index in [1.54, 1.807) is 0 Å². The molecule has 1 heterocycles. The van der Waals surface area contributed by atoms with Gasteiger partial charge in [0, 0.05) is 19.2 Å². The Labute approximate surface area is 118 Å². The number of hydrogen-bond acceptors (Lipinski definition) is 4. The molecule has 3 unspecified atom stereocenters. The van der Waals surface area contributed by atoms with Crippen molar-refractivity contribution in [2.24, 2.45) is 0 Å². The second-order valence-electron chi connectivity index (χ2n) is 5.88. The van der Waals surface area contributed by atoms with Gasteiger partial charge in [-0.15, -0.1) is 0 Å². The normalized spacial score (nSPS) is 25.5. The number of nitrogens with one attached hydrogen (secondary N) is 1. The molecule has 110 valence electrons. The van der Waals surface area contributed by atoms with E-state index >= 15 is 0 Å². The van der Waals surface area contributed by atoms with Crippen LogP contribution in [0.15, 0.2) is 0 Å². The highest BCUT2D eigenvalue weighted by Gasteiger charge is 2.30. The molecular weight excluding hydrogens is 238 g/mol. The molecule has 1 saturated heterocycles. The smallest absolute Gasteiger partial charge is 0.105 e. The second kappa shape index (κ2) is 7.84. The maximum absolute atomic E-state index is 9.24. The van der Waals surface area contributed by atoms with Gasteiger partial charge in [-0.05, 0) is 53.1 Å². The topological polar surface area (TPSA) is 48.3 Å². The van der Waals surface area contributed by atoms with E-state index in [0.29, 0.717) is 12.1 Å². The maximum Gasteiger partial charge on any atom is 0.105 e. The standard InChI is InChI=1S/C15H29N3O/c1-5-9-19-14-7-6-8-18(11-14)13(2)10-15(3,12-16)17-4/h13-14,17H,5-11H2,1-4H3. The Balaban J connectivity index is 2.48. The van der Waals surface area contributed by atoms with Crippen LogP contribution < -0.4 is 5.32 Å². The van der Waals surface area contributed by atoms with E-state index in [-0.39, 0.29) is 0 Å². The van der Waals surface area contributed by atoms with E-state index in [9.17, 15) is 5.26 Å². The molecular formula is C15H29N3O. The summed E-state index contributed by atoms with van der Waals surface area (Å²) in [6.45, 7) is 9.33. The molecule has 1 aliphatic rings. The van der Waals surface area contributed by atoms with Crippen LogP contribution in [0.4, 0.5) is 0 Å². The fraction of sp³-hybridized carbons (Fsp3) is 0.933. The quantitative estimate of drug-likeness (QED) is 0.768. The number of piperidine rings is 1. The Kier molecular flexibility index (Phi) is 6.78. The van der Waals surface area contributed by atoms with Crippen molar-refractivity contribution in [3.8, 4) is 6.07 Å². The van der Waals surface area contributed by atoms with Crippen LogP contribution in [0.3, 0.4) is 0 Å². The average Bonchev–Trinajstić information content (AvgIpc) is 2.45. The summed E-state index contributed by atoms with van der Waals surface area (Å²) >= 11 is 0. The van der Waals surface area contributed by atoms with Crippen LogP contribution >= 0.6 is 0 Å². The number of nitriles is 1. The van der Waals surface area contributed by atoms with Crippen LogP contribution in [0.1, 0.15) is 46.5 Å². The van der Waals surface area contributed by atoms with Gasteiger partial charge in [-0.1, -0.05) is 6.92 Å². The third-order valence-corrected chi connectivity index (χ3v) is 4.09. The molecule has 4 heteroatoms. The van der Waals surface area contributed by atoms with Crippen molar-refractivity contribution >= 4 is 0 Å². The van der Waals surface area contributed by atoms with Gasteiger partial charge in [0.25, 0.3) is 0 Å². The van der Waals surface area contributed by atoms with Gasteiger partial charge >= 0.3 is 0 Å². The van der Waals surface area contributed by atoms with Crippen molar-refractivity contribution in [2.75, 3.05) is 26.7 Å². The van der Waals surface area contributed by atoms with Gasteiger partial charge in [0.1, 0.15) is 5.54 Å². The first-order chi connectivity index (χ1) is 9.04. The highest BCUT2D eigenvalue weighted by molar-refractivity contribution is 5.04. The molecule has 1 N–H and O–H groups in total. The van der Waals surface area contributed by atoms with Gasteiger partial charge in [0.05, 0.1) is 12.2 Å². The lowest BCUT2D eigenvalue weighted by atomic mass is 9.93. The minimum Gasteiger partial charge on any atom is -0.377 e. The highest BCUT2D eigenvalue weighted by Crippen LogP contribution is 2.21. The van der Waals surface area contributed by atoms with Crippen LogP contribution in [0.5, 0.6) is 0 Å². The SMILES string of the molecule is CCCOC1CCCN(C(C)CC(C)(C#N)NC)C1. The molecule has 0 aliphatic carbocycles. The van der Waals surface area contributed by atoms with Crippen LogP contribution in [0, 0.1) is 11.3 Å². The zero-order valence-electron chi connectivity index (χ0n) is 12.9. The number of likely N-dealkylation sites (tertiary alicyclic amines) is 1. The molecule has 0 bridgehead atoms. The number of ether oxygens (including phenoxy) is 1. The van der Waals surface area contributed by atoms with Gasteiger partial charge in [0.15, 0.2) is 0 Å². The molecule has 4 nitrogen and oxygen atoms in total. The minimum absolute atomic E-state index is 0.374. The molecule has 1 fully saturated rings. The molecule has 1 rings (SSSR count). The van der Waals surface area contributed by atoms with Crippen molar-refractivity contribution in [1.29, 1.82) is 5.26 Å². The predicted octanol–water partition coefficient (Wildman–Crippen LogP) is 2.16. The molecule has 0 aromatic rings. The summed E-state index contributed by atoms with van der Waals surface area (Å²) < 4.78 is 5.87. The molecule has 0 amide bonds.